The van der Waals surface area contributed by atoms with Crippen LogP contribution in [0.2, 0.25) is 0 Å². The quantitative estimate of drug-likeness (QED) is 0.461. The molecule has 1 atom stereocenters. The van der Waals surface area contributed by atoms with Gasteiger partial charge in [-0.15, -0.1) is 0 Å². The normalized spacial score (nSPS) is 20.1. The Hall–Kier alpha value is -1.51. The zero-order valence-electron chi connectivity index (χ0n) is 7.62. The molecule has 0 aromatic heterocycles. The molecule has 0 radical (unpaired) electrons. The summed E-state index contributed by atoms with van der Waals surface area (Å²) in [5.74, 6) is 0.137. The predicted octanol–water partition coefficient (Wildman–Crippen LogP) is 1.33. The third kappa shape index (κ3) is 1.16. The summed E-state index contributed by atoms with van der Waals surface area (Å²) in [5, 5.41) is 7.46. The second-order valence-corrected chi connectivity index (χ2v) is 3.44. The molecule has 0 aliphatic carbocycles. The van der Waals surface area contributed by atoms with Crippen LogP contribution in [0.5, 0.6) is 0 Å². The molecule has 1 heterocycles. The Morgan fingerprint density at radius 2 is 2.23 bits per heavy atom. The average Bonchev–Trinajstić information content (AvgIpc) is 2.39. The van der Waals surface area contributed by atoms with Gasteiger partial charge in [-0.1, -0.05) is 18.2 Å². The van der Waals surface area contributed by atoms with Gasteiger partial charge in [0.25, 0.3) is 0 Å². The van der Waals surface area contributed by atoms with Crippen LogP contribution in [0.1, 0.15) is 12.5 Å². The summed E-state index contributed by atoms with van der Waals surface area (Å²) >= 11 is 0. The highest BCUT2D eigenvalue weighted by Crippen LogP contribution is 2.30. The van der Waals surface area contributed by atoms with E-state index >= 15 is 0 Å². The maximum atomic E-state index is 7.46. The molecule has 3 heteroatoms. The number of guanidine groups is 1. The zero-order valence-corrected chi connectivity index (χ0v) is 7.62. The van der Waals surface area contributed by atoms with Gasteiger partial charge < -0.3 is 10.6 Å². The van der Waals surface area contributed by atoms with Crippen molar-refractivity contribution in [2.75, 3.05) is 4.90 Å². The molecule has 0 bridgehead atoms. The van der Waals surface area contributed by atoms with Gasteiger partial charge in [-0.3, -0.25) is 5.41 Å². The van der Waals surface area contributed by atoms with E-state index in [1.807, 2.05) is 23.1 Å². The first kappa shape index (κ1) is 8.10. The van der Waals surface area contributed by atoms with E-state index in [4.69, 9.17) is 11.1 Å². The molecule has 13 heavy (non-hydrogen) atoms. The Labute approximate surface area is 77.7 Å². The van der Waals surface area contributed by atoms with Crippen molar-refractivity contribution in [3.05, 3.63) is 29.8 Å². The largest absolute Gasteiger partial charge is 0.370 e. The molecule has 0 amide bonds. The van der Waals surface area contributed by atoms with Crippen molar-refractivity contribution in [2.45, 2.75) is 19.4 Å². The average molecular weight is 175 g/mol. The van der Waals surface area contributed by atoms with Gasteiger partial charge in [-0.2, -0.15) is 0 Å². The van der Waals surface area contributed by atoms with Crippen molar-refractivity contribution in [2.24, 2.45) is 5.73 Å². The minimum atomic E-state index is 0.137. The molecule has 0 fully saturated rings. The van der Waals surface area contributed by atoms with Crippen molar-refractivity contribution in [1.29, 1.82) is 5.41 Å². The monoisotopic (exact) mass is 175 g/mol. The van der Waals surface area contributed by atoms with E-state index in [1.54, 1.807) is 0 Å². The van der Waals surface area contributed by atoms with Crippen molar-refractivity contribution in [3.8, 4) is 0 Å². The fraction of sp³-hybridized carbons (Fsp3) is 0.300. The lowest BCUT2D eigenvalue weighted by atomic mass is 10.1. The molecule has 0 spiro atoms. The Kier molecular flexibility index (Phi) is 1.72. The number of nitrogens with one attached hydrogen (secondary N) is 1. The summed E-state index contributed by atoms with van der Waals surface area (Å²) < 4.78 is 0. The van der Waals surface area contributed by atoms with E-state index in [-0.39, 0.29) is 5.96 Å². The first-order valence-corrected chi connectivity index (χ1v) is 4.41. The molecule has 0 saturated heterocycles. The first-order chi connectivity index (χ1) is 6.20. The van der Waals surface area contributed by atoms with Gasteiger partial charge in [0.2, 0.25) is 0 Å². The number of benzene rings is 1. The van der Waals surface area contributed by atoms with Crippen LogP contribution >= 0.6 is 0 Å². The van der Waals surface area contributed by atoms with Crippen molar-refractivity contribution < 1.29 is 0 Å². The van der Waals surface area contributed by atoms with Crippen LogP contribution in [0.25, 0.3) is 0 Å². The highest BCUT2D eigenvalue weighted by atomic mass is 15.3. The van der Waals surface area contributed by atoms with Gasteiger partial charge in [0, 0.05) is 11.7 Å². The second kappa shape index (κ2) is 2.76. The molecule has 68 valence electrons. The van der Waals surface area contributed by atoms with E-state index in [2.05, 4.69) is 13.0 Å². The minimum absolute atomic E-state index is 0.137. The summed E-state index contributed by atoms with van der Waals surface area (Å²) in [6.07, 6.45) is 0.982. The lowest BCUT2D eigenvalue weighted by Gasteiger charge is -2.22. The third-order valence-electron chi connectivity index (χ3n) is 2.47. The molecule has 1 aliphatic heterocycles. The maximum Gasteiger partial charge on any atom is 0.193 e. The number of nitrogens with two attached hydrogens (primary N) is 1. The Balaban J connectivity index is 2.46. The summed E-state index contributed by atoms with van der Waals surface area (Å²) in [7, 11) is 0. The zero-order chi connectivity index (χ0) is 9.42. The molecule has 1 aromatic carbocycles. The van der Waals surface area contributed by atoms with Crippen LogP contribution in [-0.2, 0) is 6.42 Å². The third-order valence-corrected chi connectivity index (χ3v) is 2.47. The number of fused-ring (bicyclic) bond motifs is 1. The van der Waals surface area contributed by atoms with Crippen LogP contribution in [0.3, 0.4) is 0 Å². The van der Waals surface area contributed by atoms with E-state index in [0.29, 0.717) is 6.04 Å². The minimum Gasteiger partial charge on any atom is -0.370 e. The first-order valence-electron chi connectivity index (χ1n) is 4.41. The second-order valence-electron chi connectivity index (χ2n) is 3.44. The van der Waals surface area contributed by atoms with Gasteiger partial charge in [0.1, 0.15) is 0 Å². The van der Waals surface area contributed by atoms with Crippen molar-refractivity contribution >= 4 is 11.6 Å². The molecule has 3 N–H and O–H groups in total. The standard InChI is InChI=1S/C10H13N3/c1-7-6-8-4-2-3-5-9(8)13(7)10(11)12/h2-5,7H,6H2,1H3,(H3,11,12)/t7-/m0/s1. The molecule has 2 rings (SSSR count). The van der Waals surface area contributed by atoms with Crippen LogP contribution in [0, 0.1) is 5.41 Å². The van der Waals surface area contributed by atoms with Crippen LogP contribution < -0.4 is 10.6 Å². The van der Waals surface area contributed by atoms with Gasteiger partial charge in [0.05, 0.1) is 0 Å². The van der Waals surface area contributed by atoms with E-state index in [9.17, 15) is 0 Å². The molecule has 1 aliphatic rings. The smallest absolute Gasteiger partial charge is 0.193 e. The maximum absolute atomic E-state index is 7.46. The Morgan fingerprint density at radius 1 is 1.54 bits per heavy atom. The van der Waals surface area contributed by atoms with E-state index in [1.165, 1.54) is 5.56 Å². The van der Waals surface area contributed by atoms with Gasteiger partial charge in [0.15, 0.2) is 5.96 Å². The number of anilines is 1. The highest BCUT2D eigenvalue weighted by Gasteiger charge is 2.26. The predicted molar refractivity (Wildman–Crippen MR) is 54.0 cm³/mol. The summed E-state index contributed by atoms with van der Waals surface area (Å²) in [4.78, 5) is 1.87. The Bertz CT molecular complexity index is 346. The number of nitrogens with zero attached hydrogens (tertiary/aromatic N) is 1. The van der Waals surface area contributed by atoms with Gasteiger partial charge in [-0.25, -0.2) is 0 Å². The summed E-state index contributed by atoms with van der Waals surface area (Å²) in [6, 6.07) is 8.42. The van der Waals surface area contributed by atoms with Gasteiger partial charge in [-0.05, 0) is 25.0 Å². The van der Waals surface area contributed by atoms with E-state index < -0.39 is 0 Å². The SMILES string of the molecule is C[C@H]1Cc2ccccc2N1C(=N)N. The highest BCUT2D eigenvalue weighted by molar-refractivity contribution is 5.95. The number of para-hydroxylation sites is 1. The lowest BCUT2D eigenvalue weighted by molar-refractivity contribution is 0.767. The topological polar surface area (TPSA) is 53.1 Å². The molecular formula is C10H13N3. The fourth-order valence-corrected chi connectivity index (χ4v) is 1.93. The Morgan fingerprint density at radius 3 is 2.92 bits per heavy atom. The molecule has 0 unspecified atom stereocenters. The summed E-state index contributed by atoms with van der Waals surface area (Å²) in [5.41, 5.74) is 7.88. The van der Waals surface area contributed by atoms with Gasteiger partial charge >= 0.3 is 0 Å². The van der Waals surface area contributed by atoms with Crippen molar-refractivity contribution in [1.82, 2.24) is 0 Å². The van der Waals surface area contributed by atoms with Crippen LogP contribution in [0.4, 0.5) is 5.69 Å². The number of hydrogen-bond donors (Lipinski definition) is 2. The molecule has 3 nitrogen and oxygen atoms in total. The fourth-order valence-electron chi connectivity index (χ4n) is 1.93. The van der Waals surface area contributed by atoms with Crippen molar-refractivity contribution in [3.63, 3.8) is 0 Å². The van der Waals surface area contributed by atoms with Crippen LogP contribution in [0.15, 0.2) is 24.3 Å². The number of rotatable bonds is 0. The molecule has 0 saturated carbocycles. The molecular weight excluding hydrogens is 162 g/mol. The molecule has 1 aromatic rings. The summed E-state index contributed by atoms with van der Waals surface area (Å²) in [6.45, 7) is 2.08. The lowest BCUT2D eigenvalue weighted by Crippen LogP contribution is -2.40. The van der Waals surface area contributed by atoms with Crippen LogP contribution in [-0.4, -0.2) is 12.0 Å². The number of hydrogen-bond acceptors (Lipinski definition) is 1. The van der Waals surface area contributed by atoms with E-state index in [0.717, 1.165) is 12.1 Å².